The lowest BCUT2D eigenvalue weighted by Crippen LogP contribution is -2.09. The van der Waals surface area contributed by atoms with Crippen molar-refractivity contribution in [3.63, 3.8) is 0 Å². The molecule has 0 saturated carbocycles. The third-order valence-corrected chi connectivity index (χ3v) is 3.01. The third kappa shape index (κ3) is 1.78. The van der Waals surface area contributed by atoms with Crippen LogP contribution < -0.4 is 4.74 Å². The lowest BCUT2D eigenvalue weighted by atomic mass is 10.1. The van der Waals surface area contributed by atoms with Crippen molar-refractivity contribution in [1.82, 2.24) is 0 Å². The summed E-state index contributed by atoms with van der Waals surface area (Å²) in [6, 6.07) is 3.81. The average molecular weight is 259 g/mol. The zero-order valence-corrected chi connectivity index (χ0v) is 9.12. The van der Waals surface area contributed by atoms with Gasteiger partial charge in [-0.3, -0.25) is 0 Å². The first-order valence-electron chi connectivity index (χ1n) is 4.47. The molecule has 1 aliphatic rings. The van der Waals surface area contributed by atoms with Crippen LogP contribution >= 0.6 is 15.9 Å². The van der Waals surface area contributed by atoms with Gasteiger partial charge in [-0.2, -0.15) is 0 Å². The van der Waals surface area contributed by atoms with Crippen LogP contribution in [0, 0.1) is 0 Å². The first kappa shape index (κ1) is 9.96. The highest BCUT2D eigenvalue weighted by molar-refractivity contribution is 9.10. The Morgan fingerprint density at radius 2 is 2.29 bits per heavy atom. The SMILES string of the molecule is OCCc1cc2c(cc1Br)CC(O)O2. The van der Waals surface area contributed by atoms with Gasteiger partial charge in [-0.25, -0.2) is 0 Å². The zero-order chi connectivity index (χ0) is 10.1. The average Bonchev–Trinajstić information content (AvgIpc) is 2.45. The summed E-state index contributed by atoms with van der Waals surface area (Å²) in [5, 5.41) is 18.1. The Morgan fingerprint density at radius 1 is 1.50 bits per heavy atom. The van der Waals surface area contributed by atoms with E-state index in [0.29, 0.717) is 12.8 Å². The van der Waals surface area contributed by atoms with E-state index in [1.807, 2.05) is 12.1 Å². The lowest BCUT2D eigenvalue weighted by molar-refractivity contribution is 0.00212. The van der Waals surface area contributed by atoms with Gasteiger partial charge in [0, 0.05) is 23.1 Å². The molecule has 4 heteroatoms. The summed E-state index contributed by atoms with van der Waals surface area (Å²) in [4.78, 5) is 0. The molecule has 3 nitrogen and oxygen atoms in total. The Hall–Kier alpha value is -0.580. The van der Waals surface area contributed by atoms with Crippen molar-refractivity contribution in [3.8, 4) is 5.75 Å². The van der Waals surface area contributed by atoms with Crippen molar-refractivity contribution >= 4 is 15.9 Å². The van der Waals surface area contributed by atoms with Gasteiger partial charge in [-0.05, 0) is 24.1 Å². The van der Waals surface area contributed by atoms with Crippen LogP contribution in [0.4, 0.5) is 0 Å². The molecule has 0 amide bonds. The molecule has 2 rings (SSSR count). The Bertz CT molecular complexity index is 351. The molecule has 0 spiro atoms. The summed E-state index contributed by atoms with van der Waals surface area (Å²) in [5.74, 6) is 0.726. The fourth-order valence-electron chi connectivity index (χ4n) is 1.59. The number of ether oxygens (including phenoxy) is 1. The number of rotatable bonds is 2. The van der Waals surface area contributed by atoms with Crippen molar-refractivity contribution in [2.24, 2.45) is 0 Å². The Kier molecular flexibility index (Phi) is 2.76. The van der Waals surface area contributed by atoms with Crippen LogP contribution in [0.25, 0.3) is 0 Å². The first-order chi connectivity index (χ1) is 6.70. The minimum atomic E-state index is -0.721. The second kappa shape index (κ2) is 3.88. The Balaban J connectivity index is 2.35. The fraction of sp³-hybridized carbons (Fsp3) is 0.400. The summed E-state index contributed by atoms with van der Waals surface area (Å²) in [6.07, 6.45) is 0.405. The van der Waals surface area contributed by atoms with Crippen LogP contribution in [0.15, 0.2) is 16.6 Å². The predicted octanol–water partition coefficient (Wildman–Crippen LogP) is 1.24. The molecule has 0 radical (unpaired) electrons. The number of aliphatic hydroxyl groups excluding tert-OH is 2. The highest BCUT2D eigenvalue weighted by atomic mass is 79.9. The van der Waals surface area contributed by atoms with E-state index in [4.69, 9.17) is 9.84 Å². The molecule has 0 saturated heterocycles. The molecule has 0 aliphatic carbocycles. The fourth-order valence-corrected chi connectivity index (χ4v) is 2.18. The molecule has 0 aromatic heterocycles. The van der Waals surface area contributed by atoms with Crippen molar-refractivity contribution in [1.29, 1.82) is 0 Å². The quantitative estimate of drug-likeness (QED) is 0.840. The van der Waals surface area contributed by atoms with Crippen molar-refractivity contribution in [2.45, 2.75) is 19.1 Å². The van der Waals surface area contributed by atoms with Gasteiger partial charge in [0.2, 0.25) is 6.29 Å². The molecule has 0 bridgehead atoms. The van der Waals surface area contributed by atoms with Gasteiger partial charge < -0.3 is 14.9 Å². The normalized spacial score (nSPS) is 19.2. The highest BCUT2D eigenvalue weighted by Crippen LogP contribution is 2.33. The third-order valence-electron chi connectivity index (χ3n) is 2.27. The topological polar surface area (TPSA) is 49.7 Å². The van der Waals surface area contributed by atoms with E-state index in [1.165, 1.54) is 0 Å². The molecule has 1 heterocycles. The van der Waals surface area contributed by atoms with E-state index in [1.54, 1.807) is 0 Å². The van der Waals surface area contributed by atoms with Gasteiger partial charge >= 0.3 is 0 Å². The summed E-state index contributed by atoms with van der Waals surface area (Å²) in [7, 11) is 0. The van der Waals surface area contributed by atoms with Gasteiger partial charge in [0.1, 0.15) is 5.75 Å². The minimum Gasteiger partial charge on any atom is -0.464 e. The van der Waals surface area contributed by atoms with E-state index in [2.05, 4.69) is 15.9 Å². The highest BCUT2D eigenvalue weighted by Gasteiger charge is 2.21. The number of hydrogen-bond donors (Lipinski definition) is 2. The van der Waals surface area contributed by atoms with Gasteiger partial charge in [0.25, 0.3) is 0 Å². The van der Waals surface area contributed by atoms with Crippen LogP contribution in [0.5, 0.6) is 5.75 Å². The second-order valence-corrected chi connectivity index (χ2v) is 4.16. The lowest BCUT2D eigenvalue weighted by Gasteiger charge is -2.06. The number of aliphatic hydroxyl groups is 2. The Labute approximate surface area is 90.5 Å². The summed E-state index contributed by atoms with van der Waals surface area (Å²) >= 11 is 3.42. The van der Waals surface area contributed by atoms with Crippen LogP contribution in [0.2, 0.25) is 0 Å². The first-order valence-corrected chi connectivity index (χ1v) is 5.27. The molecule has 2 N–H and O–H groups in total. The number of halogens is 1. The molecule has 14 heavy (non-hydrogen) atoms. The van der Waals surface area contributed by atoms with Gasteiger partial charge in [-0.15, -0.1) is 0 Å². The molecular formula is C10H11BrO3. The van der Waals surface area contributed by atoms with E-state index in [-0.39, 0.29) is 6.61 Å². The summed E-state index contributed by atoms with van der Waals surface area (Å²) in [5.41, 5.74) is 2.01. The molecular weight excluding hydrogens is 248 g/mol. The van der Waals surface area contributed by atoms with Crippen LogP contribution in [-0.2, 0) is 12.8 Å². The summed E-state index contributed by atoms with van der Waals surface area (Å²) < 4.78 is 6.16. The largest absolute Gasteiger partial charge is 0.464 e. The van der Waals surface area contributed by atoms with Crippen LogP contribution in [0.3, 0.4) is 0 Å². The van der Waals surface area contributed by atoms with Crippen LogP contribution in [-0.4, -0.2) is 23.1 Å². The Morgan fingerprint density at radius 3 is 3.00 bits per heavy atom. The van der Waals surface area contributed by atoms with Crippen LogP contribution in [0.1, 0.15) is 11.1 Å². The second-order valence-electron chi connectivity index (χ2n) is 3.30. The molecule has 1 aromatic carbocycles. The van der Waals surface area contributed by atoms with Crippen molar-refractivity contribution < 1.29 is 14.9 Å². The van der Waals surface area contributed by atoms with E-state index in [9.17, 15) is 5.11 Å². The molecule has 1 unspecified atom stereocenters. The number of benzene rings is 1. The monoisotopic (exact) mass is 258 g/mol. The van der Waals surface area contributed by atoms with Gasteiger partial charge in [0.05, 0.1) is 0 Å². The molecule has 0 fully saturated rings. The minimum absolute atomic E-state index is 0.111. The summed E-state index contributed by atoms with van der Waals surface area (Å²) in [6.45, 7) is 0.111. The zero-order valence-electron chi connectivity index (χ0n) is 7.53. The standard InChI is InChI=1S/C10H11BrO3/c11-8-3-7-5-10(13)14-9(7)4-6(8)1-2-12/h3-4,10,12-13H,1-2,5H2. The molecule has 1 aromatic rings. The molecule has 1 atom stereocenters. The molecule has 76 valence electrons. The van der Waals surface area contributed by atoms with Crippen molar-refractivity contribution in [3.05, 3.63) is 27.7 Å². The van der Waals surface area contributed by atoms with Gasteiger partial charge in [0.15, 0.2) is 0 Å². The predicted molar refractivity (Wildman–Crippen MR) is 55.3 cm³/mol. The maximum absolute atomic E-state index is 9.28. The number of fused-ring (bicyclic) bond motifs is 1. The molecule has 1 aliphatic heterocycles. The van der Waals surface area contributed by atoms with Gasteiger partial charge in [-0.1, -0.05) is 15.9 Å². The maximum Gasteiger partial charge on any atom is 0.201 e. The maximum atomic E-state index is 9.28. The smallest absolute Gasteiger partial charge is 0.201 e. The number of hydrogen-bond acceptors (Lipinski definition) is 3. The van der Waals surface area contributed by atoms with E-state index < -0.39 is 6.29 Å². The van der Waals surface area contributed by atoms with E-state index >= 15 is 0 Å². The van der Waals surface area contributed by atoms with E-state index in [0.717, 1.165) is 21.3 Å². The van der Waals surface area contributed by atoms with Crippen molar-refractivity contribution in [2.75, 3.05) is 6.61 Å².